The highest BCUT2D eigenvalue weighted by atomic mass is 32.1. The molecule has 0 bridgehead atoms. The second-order valence-corrected chi connectivity index (χ2v) is 5.17. The van der Waals surface area contributed by atoms with Crippen LogP contribution in [0.4, 0.5) is 5.69 Å². The van der Waals surface area contributed by atoms with Gasteiger partial charge in [-0.05, 0) is 11.3 Å². The monoisotopic (exact) mass is 341 g/mol. The lowest BCUT2D eigenvalue weighted by Gasteiger charge is -2.16. The lowest BCUT2D eigenvalue weighted by molar-refractivity contribution is -0.577. The zero-order valence-electron chi connectivity index (χ0n) is 12.7. The third kappa shape index (κ3) is 4.02. The van der Waals surface area contributed by atoms with Crippen LogP contribution in [-0.4, -0.2) is 16.5 Å². The van der Waals surface area contributed by atoms with Crippen LogP contribution in [0.2, 0.25) is 0 Å². The van der Waals surface area contributed by atoms with E-state index >= 15 is 0 Å². The Morgan fingerprint density at radius 1 is 1.29 bits per heavy atom. The molecule has 0 aliphatic heterocycles. The highest BCUT2D eigenvalue weighted by Crippen LogP contribution is 2.19. The lowest BCUT2D eigenvalue weighted by atomic mass is 10.1. The largest absolute Gasteiger partial charge is 0.867 e. The molecule has 0 fully saturated rings. The number of nitro groups is 1. The smallest absolute Gasteiger partial charge is 0.270 e. The molecule has 122 valence electrons. The molecule has 2 rings (SSSR count). The maximum atomic E-state index is 12.9. The summed E-state index contributed by atoms with van der Waals surface area (Å²) >= 11 is 5.31. The lowest BCUT2D eigenvalue weighted by Crippen LogP contribution is -2.42. The highest BCUT2D eigenvalue weighted by molar-refractivity contribution is 7.81. The van der Waals surface area contributed by atoms with Crippen molar-refractivity contribution in [1.29, 1.82) is 0 Å². The number of pyridine rings is 1. The molecule has 7 heteroatoms. The van der Waals surface area contributed by atoms with Gasteiger partial charge in [-0.1, -0.05) is 36.5 Å². The SMILES string of the molecule is C=CCNC(=S)/C(=C(\[O-])c1cccc([N+](=O)[O-])c1)[n+]1ccccc1. The third-order valence-electron chi connectivity index (χ3n) is 3.13. The first kappa shape index (κ1) is 17.3. The van der Waals surface area contributed by atoms with E-state index in [0.717, 1.165) is 0 Å². The van der Waals surface area contributed by atoms with Gasteiger partial charge in [0.15, 0.2) is 17.4 Å². The minimum atomic E-state index is -0.541. The van der Waals surface area contributed by atoms with Gasteiger partial charge in [0.1, 0.15) is 0 Å². The molecule has 0 aliphatic rings. The Balaban J connectivity index is 2.57. The summed E-state index contributed by atoms with van der Waals surface area (Å²) in [7, 11) is 0. The molecule has 24 heavy (non-hydrogen) atoms. The van der Waals surface area contributed by atoms with E-state index in [9.17, 15) is 15.2 Å². The number of rotatable bonds is 6. The summed E-state index contributed by atoms with van der Waals surface area (Å²) in [5.41, 5.74) is 0.259. The van der Waals surface area contributed by atoms with Crippen molar-refractivity contribution >= 4 is 34.3 Å². The van der Waals surface area contributed by atoms with Gasteiger partial charge < -0.3 is 10.4 Å². The minimum absolute atomic E-state index is 0.150. The third-order valence-corrected chi connectivity index (χ3v) is 3.47. The van der Waals surface area contributed by atoms with Crippen LogP contribution < -0.4 is 15.0 Å². The summed E-state index contributed by atoms with van der Waals surface area (Å²) in [5.74, 6) is -0.406. The Bertz CT molecular complexity index is 804. The molecule has 0 unspecified atom stereocenters. The fourth-order valence-electron chi connectivity index (χ4n) is 2.03. The van der Waals surface area contributed by atoms with Crippen LogP contribution in [0.3, 0.4) is 0 Å². The van der Waals surface area contributed by atoms with E-state index in [2.05, 4.69) is 11.9 Å². The zero-order chi connectivity index (χ0) is 17.5. The van der Waals surface area contributed by atoms with E-state index in [0.29, 0.717) is 6.54 Å². The van der Waals surface area contributed by atoms with Gasteiger partial charge in [-0.2, -0.15) is 4.57 Å². The number of nitrogens with zero attached hydrogens (tertiary/aromatic N) is 2. The van der Waals surface area contributed by atoms with E-state index in [1.165, 1.54) is 24.3 Å². The summed E-state index contributed by atoms with van der Waals surface area (Å²) < 4.78 is 1.58. The van der Waals surface area contributed by atoms with Gasteiger partial charge in [0.25, 0.3) is 5.69 Å². The quantitative estimate of drug-likeness (QED) is 0.164. The Kier molecular flexibility index (Phi) is 5.75. The maximum Gasteiger partial charge on any atom is 0.270 e. The van der Waals surface area contributed by atoms with Crippen molar-refractivity contribution in [3.8, 4) is 0 Å². The number of non-ortho nitro benzene ring substituents is 1. The second kappa shape index (κ2) is 7.98. The first-order valence-electron chi connectivity index (χ1n) is 7.06. The van der Waals surface area contributed by atoms with Crippen molar-refractivity contribution < 1.29 is 14.6 Å². The number of hydrogen-bond acceptors (Lipinski definition) is 4. The van der Waals surface area contributed by atoms with Crippen LogP contribution >= 0.6 is 12.2 Å². The number of nitro benzene ring substituents is 1. The second-order valence-electron chi connectivity index (χ2n) is 4.77. The van der Waals surface area contributed by atoms with E-state index in [1.54, 1.807) is 35.2 Å². The van der Waals surface area contributed by atoms with E-state index in [4.69, 9.17) is 12.2 Å². The van der Waals surface area contributed by atoms with Crippen molar-refractivity contribution in [2.45, 2.75) is 0 Å². The maximum absolute atomic E-state index is 12.9. The summed E-state index contributed by atoms with van der Waals surface area (Å²) in [5, 5.41) is 26.7. The minimum Gasteiger partial charge on any atom is -0.867 e. The topological polar surface area (TPSA) is 82.1 Å². The molecule has 1 heterocycles. The molecule has 0 saturated heterocycles. The van der Waals surface area contributed by atoms with Crippen molar-refractivity contribution in [2.75, 3.05) is 6.54 Å². The van der Waals surface area contributed by atoms with Gasteiger partial charge >= 0.3 is 0 Å². The first-order chi connectivity index (χ1) is 11.5. The summed E-state index contributed by atoms with van der Waals surface area (Å²) in [6.45, 7) is 4.00. The molecule has 1 N–H and O–H groups in total. The molecule has 1 aromatic carbocycles. The van der Waals surface area contributed by atoms with E-state index < -0.39 is 10.7 Å². The average Bonchev–Trinajstić information content (AvgIpc) is 2.61. The number of hydrogen-bond donors (Lipinski definition) is 1. The fraction of sp³-hybridized carbons (Fsp3) is 0.0588. The van der Waals surface area contributed by atoms with Gasteiger partial charge in [0, 0.05) is 30.8 Å². The Morgan fingerprint density at radius 3 is 2.62 bits per heavy atom. The number of thiocarbonyl (C=S) groups is 1. The molecule has 0 radical (unpaired) electrons. The van der Waals surface area contributed by atoms with Crippen molar-refractivity contribution in [2.24, 2.45) is 0 Å². The molecule has 1 aromatic heterocycles. The Morgan fingerprint density at radius 2 is 2.00 bits per heavy atom. The molecule has 0 atom stereocenters. The molecular formula is C17H15N3O3S. The molecular weight excluding hydrogens is 326 g/mol. The van der Waals surface area contributed by atoms with Crippen LogP contribution in [0.5, 0.6) is 0 Å². The van der Waals surface area contributed by atoms with E-state index in [-0.39, 0.29) is 21.9 Å². The molecule has 6 nitrogen and oxygen atoms in total. The van der Waals surface area contributed by atoms with Gasteiger partial charge in [-0.15, -0.1) is 6.58 Å². The zero-order valence-corrected chi connectivity index (χ0v) is 13.5. The Hall–Kier alpha value is -3.06. The molecule has 0 saturated carbocycles. The summed E-state index contributed by atoms with van der Waals surface area (Å²) in [4.78, 5) is 10.6. The average molecular weight is 341 g/mol. The van der Waals surface area contributed by atoms with Crippen LogP contribution in [0.25, 0.3) is 11.5 Å². The van der Waals surface area contributed by atoms with Gasteiger partial charge in [-0.25, -0.2) is 0 Å². The highest BCUT2D eigenvalue weighted by Gasteiger charge is 2.18. The van der Waals surface area contributed by atoms with Crippen LogP contribution in [0, 0.1) is 10.1 Å². The number of aromatic nitrogens is 1. The summed E-state index contributed by atoms with van der Waals surface area (Å²) in [6, 6.07) is 10.9. The standard InChI is InChI=1S/C17H15N3O3S/c1-2-9-18-17(24)15(19-10-4-3-5-11-19)16(21)13-7-6-8-14(12-13)20(22)23/h2-8,10-12H,1,9H2,(H-,18,21,24). The van der Waals surface area contributed by atoms with Crippen molar-refractivity contribution in [3.05, 3.63) is 83.2 Å². The first-order valence-corrected chi connectivity index (χ1v) is 7.47. The van der Waals surface area contributed by atoms with Crippen LogP contribution in [0.1, 0.15) is 5.56 Å². The van der Waals surface area contributed by atoms with Crippen molar-refractivity contribution in [1.82, 2.24) is 5.32 Å². The molecule has 0 amide bonds. The normalized spacial score (nSPS) is 11.3. The molecule has 2 aromatic rings. The fourth-order valence-corrected chi connectivity index (χ4v) is 2.31. The predicted octanol–water partition coefficient (Wildman–Crippen LogP) is 1.67. The predicted molar refractivity (Wildman–Crippen MR) is 93.6 cm³/mol. The van der Waals surface area contributed by atoms with Crippen LogP contribution in [-0.2, 0) is 0 Å². The van der Waals surface area contributed by atoms with Gasteiger partial charge in [0.2, 0.25) is 5.70 Å². The Labute approximate surface area is 144 Å². The van der Waals surface area contributed by atoms with Gasteiger partial charge in [0.05, 0.1) is 4.92 Å². The number of nitrogens with one attached hydrogen (secondary N) is 1. The van der Waals surface area contributed by atoms with Crippen molar-refractivity contribution in [3.63, 3.8) is 0 Å². The van der Waals surface area contributed by atoms with Crippen LogP contribution in [0.15, 0.2) is 67.5 Å². The molecule has 0 aliphatic carbocycles. The molecule has 0 spiro atoms. The van der Waals surface area contributed by atoms with Gasteiger partial charge in [-0.3, -0.25) is 10.1 Å². The summed E-state index contributed by atoms with van der Waals surface area (Å²) in [6.07, 6.45) is 5.00. The number of benzene rings is 1. The van der Waals surface area contributed by atoms with E-state index in [1.807, 2.05) is 6.07 Å².